The van der Waals surface area contributed by atoms with Crippen LogP contribution >= 0.6 is 0 Å². The highest BCUT2D eigenvalue weighted by Gasteiger charge is 2.31. The van der Waals surface area contributed by atoms with Crippen molar-refractivity contribution in [2.75, 3.05) is 36.4 Å². The van der Waals surface area contributed by atoms with E-state index in [4.69, 9.17) is 0 Å². The number of aromatic nitrogens is 3. The number of benzene rings is 1. The van der Waals surface area contributed by atoms with Crippen molar-refractivity contribution < 1.29 is 22.7 Å². The van der Waals surface area contributed by atoms with Crippen LogP contribution in [0.4, 0.5) is 30.6 Å². The van der Waals surface area contributed by atoms with Crippen LogP contribution in [0.5, 0.6) is 5.75 Å². The molecule has 0 aliphatic carbocycles. The summed E-state index contributed by atoms with van der Waals surface area (Å²) in [7, 11) is 0. The zero-order valence-electron chi connectivity index (χ0n) is 16.8. The number of ether oxygens (including phenoxy) is 1. The highest BCUT2D eigenvalue weighted by atomic mass is 19.4. The van der Waals surface area contributed by atoms with Gasteiger partial charge < -0.3 is 19.9 Å². The minimum atomic E-state index is -4.81. The second-order valence-electron chi connectivity index (χ2n) is 6.96. The van der Waals surface area contributed by atoms with E-state index < -0.39 is 12.1 Å². The average molecular weight is 444 g/mol. The Labute approximate surface area is 181 Å². The molecule has 1 aromatic carbocycles. The Morgan fingerprint density at radius 3 is 2.47 bits per heavy atom. The molecule has 8 nitrogen and oxygen atoms in total. The molecule has 1 fully saturated rings. The Kier molecular flexibility index (Phi) is 6.06. The molecule has 0 unspecified atom stereocenters. The van der Waals surface area contributed by atoms with Crippen molar-refractivity contribution in [2.24, 2.45) is 0 Å². The number of carbonyl (C=O) groups excluding carboxylic acids is 1. The van der Waals surface area contributed by atoms with Crippen LogP contribution in [0.25, 0.3) is 0 Å². The van der Waals surface area contributed by atoms with Crippen LogP contribution in [0, 0.1) is 0 Å². The van der Waals surface area contributed by atoms with Crippen LogP contribution in [0.1, 0.15) is 10.4 Å². The van der Waals surface area contributed by atoms with Gasteiger partial charge in [-0.2, -0.15) is 0 Å². The lowest BCUT2D eigenvalue weighted by molar-refractivity contribution is -0.274. The van der Waals surface area contributed by atoms with Crippen molar-refractivity contribution >= 4 is 23.4 Å². The number of pyridine rings is 1. The number of hydrogen-bond donors (Lipinski definition) is 1. The van der Waals surface area contributed by atoms with Gasteiger partial charge in [0.1, 0.15) is 29.5 Å². The van der Waals surface area contributed by atoms with Crippen LogP contribution in [-0.2, 0) is 0 Å². The van der Waals surface area contributed by atoms with E-state index in [1.165, 1.54) is 18.5 Å². The number of amides is 1. The lowest BCUT2D eigenvalue weighted by Crippen LogP contribution is -2.49. The number of carbonyl (C=O) groups is 1. The first-order valence-electron chi connectivity index (χ1n) is 9.77. The van der Waals surface area contributed by atoms with Gasteiger partial charge in [-0.05, 0) is 30.3 Å². The van der Waals surface area contributed by atoms with E-state index in [-0.39, 0.29) is 11.5 Å². The number of rotatable bonds is 5. The quantitative estimate of drug-likeness (QED) is 0.645. The molecule has 0 saturated carbocycles. The maximum atomic E-state index is 12.7. The van der Waals surface area contributed by atoms with Gasteiger partial charge in [-0.15, -0.1) is 13.2 Å². The maximum absolute atomic E-state index is 12.7. The second-order valence-corrected chi connectivity index (χ2v) is 6.96. The van der Waals surface area contributed by atoms with Gasteiger partial charge in [-0.3, -0.25) is 4.79 Å². The summed E-state index contributed by atoms with van der Waals surface area (Å²) in [5.41, 5.74) is 0.143. The summed E-state index contributed by atoms with van der Waals surface area (Å²) in [6.07, 6.45) is -1.69. The van der Waals surface area contributed by atoms with Gasteiger partial charge in [0.05, 0.1) is 0 Å². The summed E-state index contributed by atoms with van der Waals surface area (Å²) in [5, 5.41) is 3.11. The van der Waals surface area contributed by atoms with E-state index in [1.807, 2.05) is 23.1 Å². The number of anilines is 3. The smallest absolute Gasteiger partial charge is 0.406 e. The lowest BCUT2D eigenvalue weighted by Gasteiger charge is -2.35. The number of piperazine rings is 1. The first kappa shape index (κ1) is 21.3. The average Bonchev–Trinajstić information content (AvgIpc) is 2.79. The number of alkyl halides is 3. The van der Waals surface area contributed by atoms with Crippen LogP contribution < -0.4 is 15.0 Å². The molecule has 4 rings (SSSR count). The Bertz CT molecular complexity index is 1070. The van der Waals surface area contributed by atoms with Crippen LogP contribution in [0.3, 0.4) is 0 Å². The molecule has 11 heteroatoms. The number of hydrogen-bond acceptors (Lipinski definition) is 7. The topological polar surface area (TPSA) is 83.5 Å². The normalized spacial score (nSPS) is 14.2. The van der Waals surface area contributed by atoms with Crippen molar-refractivity contribution in [3.8, 4) is 5.75 Å². The van der Waals surface area contributed by atoms with E-state index in [9.17, 15) is 18.0 Å². The van der Waals surface area contributed by atoms with Crippen LogP contribution in [-0.4, -0.2) is 58.3 Å². The molecule has 0 spiro atoms. The molecule has 1 amide bonds. The van der Waals surface area contributed by atoms with Gasteiger partial charge >= 0.3 is 6.36 Å². The van der Waals surface area contributed by atoms with Gasteiger partial charge in [-0.25, -0.2) is 15.0 Å². The molecule has 166 valence electrons. The van der Waals surface area contributed by atoms with Crippen LogP contribution in [0.2, 0.25) is 0 Å². The van der Waals surface area contributed by atoms with E-state index in [2.05, 4.69) is 25.0 Å². The number of halogens is 3. The molecule has 0 atom stereocenters. The third-order valence-electron chi connectivity index (χ3n) is 4.78. The largest absolute Gasteiger partial charge is 0.573 e. The summed E-state index contributed by atoms with van der Waals surface area (Å²) < 4.78 is 41.2. The Balaban J connectivity index is 1.38. The molecular weight excluding hydrogens is 425 g/mol. The highest BCUT2D eigenvalue weighted by Crippen LogP contribution is 2.24. The van der Waals surface area contributed by atoms with E-state index in [1.54, 1.807) is 17.2 Å². The molecule has 3 heterocycles. The molecule has 32 heavy (non-hydrogen) atoms. The fraction of sp³-hybridized carbons (Fsp3) is 0.238. The molecule has 1 aliphatic heterocycles. The molecular formula is C21H19F3N6O2. The SMILES string of the molecule is O=C(c1cccc(OC(F)(F)F)c1)N1CCN(c2cc(Nc3ccccn3)ncn2)CC1. The summed E-state index contributed by atoms with van der Waals surface area (Å²) in [4.78, 5) is 29.1. The van der Waals surface area contributed by atoms with Crippen molar-refractivity contribution in [3.63, 3.8) is 0 Å². The molecule has 1 aliphatic rings. The third-order valence-corrected chi connectivity index (χ3v) is 4.78. The van der Waals surface area contributed by atoms with Gasteiger partial charge in [-0.1, -0.05) is 12.1 Å². The molecule has 0 radical (unpaired) electrons. The Hall–Kier alpha value is -3.89. The molecule has 2 aromatic heterocycles. The minimum Gasteiger partial charge on any atom is -0.406 e. The van der Waals surface area contributed by atoms with Gasteiger partial charge in [0.15, 0.2) is 0 Å². The predicted molar refractivity (Wildman–Crippen MR) is 111 cm³/mol. The summed E-state index contributed by atoms with van der Waals surface area (Å²) in [6.45, 7) is 1.83. The summed E-state index contributed by atoms with van der Waals surface area (Å²) >= 11 is 0. The zero-order chi connectivity index (χ0) is 22.6. The van der Waals surface area contributed by atoms with Crippen molar-refractivity contribution in [3.05, 3.63) is 66.6 Å². The second kappa shape index (κ2) is 9.08. The van der Waals surface area contributed by atoms with E-state index in [0.717, 1.165) is 12.1 Å². The molecule has 1 saturated heterocycles. The first-order chi connectivity index (χ1) is 15.4. The maximum Gasteiger partial charge on any atom is 0.573 e. The molecule has 0 bridgehead atoms. The lowest BCUT2D eigenvalue weighted by atomic mass is 10.1. The summed E-state index contributed by atoms with van der Waals surface area (Å²) in [6, 6.07) is 12.4. The highest BCUT2D eigenvalue weighted by molar-refractivity contribution is 5.94. The Morgan fingerprint density at radius 1 is 0.938 bits per heavy atom. The van der Waals surface area contributed by atoms with Crippen molar-refractivity contribution in [1.82, 2.24) is 19.9 Å². The summed E-state index contributed by atoms with van der Waals surface area (Å²) in [5.74, 6) is 1.18. The fourth-order valence-electron chi connectivity index (χ4n) is 3.30. The zero-order valence-corrected chi connectivity index (χ0v) is 16.8. The third kappa shape index (κ3) is 5.42. The van der Waals surface area contributed by atoms with Crippen LogP contribution in [0.15, 0.2) is 61.1 Å². The van der Waals surface area contributed by atoms with E-state index in [0.29, 0.717) is 43.6 Å². The van der Waals surface area contributed by atoms with Crippen molar-refractivity contribution in [1.29, 1.82) is 0 Å². The van der Waals surface area contributed by atoms with Crippen molar-refractivity contribution in [2.45, 2.75) is 6.36 Å². The fourth-order valence-corrected chi connectivity index (χ4v) is 3.30. The van der Waals surface area contributed by atoms with Gasteiger partial charge in [0.2, 0.25) is 0 Å². The van der Waals surface area contributed by atoms with E-state index >= 15 is 0 Å². The predicted octanol–water partition coefficient (Wildman–Crippen LogP) is 3.48. The standard InChI is InChI=1S/C21H19F3N6O2/c22-21(23,24)32-16-5-3-4-15(12-16)20(31)30-10-8-29(9-11-30)19-13-18(26-14-27-19)28-17-6-1-2-7-25-17/h1-7,12-14H,8-11H2,(H,25,26,27,28). The number of nitrogens with zero attached hydrogens (tertiary/aromatic N) is 5. The number of nitrogens with one attached hydrogen (secondary N) is 1. The molecule has 3 aromatic rings. The molecule has 1 N–H and O–H groups in total. The monoisotopic (exact) mass is 444 g/mol. The Morgan fingerprint density at radius 2 is 1.75 bits per heavy atom. The first-order valence-corrected chi connectivity index (χ1v) is 9.77. The van der Waals surface area contributed by atoms with Gasteiger partial charge in [0.25, 0.3) is 5.91 Å². The minimum absolute atomic E-state index is 0.143. The van der Waals surface area contributed by atoms with Gasteiger partial charge in [0, 0.05) is 44.0 Å².